The van der Waals surface area contributed by atoms with E-state index in [0.29, 0.717) is 17.9 Å². The lowest BCUT2D eigenvalue weighted by molar-refractivity contribution is 0.592. The second-order valence-electron chi connectivity index (χ2n) is 3.79. The van der Waals surface area contributed by atoms with Crippen LogP contribution in [0, 0.1) is 0 Å². The Kier molecular flexibility index (Phi) is 2.34. The average Bonchev–Trinajstić information content (AvgIpc) is 2.16. The average molecular weight is 226 g/mol. The molecular formula is C10H14N2O2S. The minimum atomic E-state index is -3.21. The molecule has 0 fully saturated rings. The zero-order valence-electron chi connectivity index (χ0n) is 8.60. The van der Waals surface area contributed by atoms with Crippen LogP contribution in [0.25, 0.3) is 0 Å². The van der Waals surface area contributed by atoms with Crippen LogP contribution in [-0.4, -0.2) is 21.2 Å². The van der Waals surface area contributed by atoms with Crippen LogP contribution < -0.4 is 10.0 Å². The summed E-state index contributed by atoms with van der Waals surface area (Å²) in [6, 6.07) is 5.53. The number of nitrogens with zero attached hydrogens (tertiary/aromatic N) is 1. The smallest absolute Gasteiger partial charge is 0.232 e. The molecule has 2 rings (SSSR count). The maximum atomic E-state index is 11.6. The Hall–Kier alpha value is -1.23. The molecule has 0 saturated heterocycles. The number of nitrogens with two attached hydrogens (primary N) is 1. The normalized spacial score (nSPS) is 16.2. The number of hydrogen-bond donors (Lipinski definition) is 1. The molecule has 0 amide bonds. The molecule has 4 nitrogen and oxygen atoms in total. The molecule has 0 atom stereocenters. The van der Waals surface area contributed by atoms with Crippen LogP contribution in [0.3, 0.4) is 0 Å². The Balaban J connectivity index is 2.60. The number of hydrogen-bond acceptors (Lipinski definition) is 3. The molecule has 0 bridgehead atoms. The summed E-state index contributed by atoms with van der Waals surface area (Å²) >= 11 is 0. The van der Waals surface area contributed by atoms with E-state index >= 15 is 0 Å². The van der Waals surface area contributed by atoms with Crippen molar-refractivity contribution in [3.63, 3.8) is 0 Å². The van der Waals surface area contributed by atoms with Crippen molar-refractivity contribution in [3.8, 4) is 0 Å². The van der Waals surface area contributed by atoms with Crippen LogP contribution >= 0.6 is 0 Å². The van der Waals surface area contributed by atoms with Crippen LogP contribution in [0.4, 0.5) is 11.4 Å². The van der Waals surface area contributed by atoms with E-state index in [9.17, 15) is 8.42 Å². The third-order valence-corrected chi connectivity index (χ3v) is 3.77. The molecule has 15 heavy (non-hydrogen) atoms. The number of fused-ring (bicyclic) bond motifs is 1. The minimum absolute atomic E-state index is 0.528. The van der Waals surface area contributed by atoms with Gasteiger partial charge < -0.3 is 5.73 Å². The second-order valence-corrected chi connectivity index (χ2v) is 5.70. The summed E-state index contributed by atoms with van der Waals surface area (Å²) in [5.41, 5.74) is 8.05. The molecule has 2 N–H and O–H groups in total. The van der Waals surface area contributed by atoms with Crippen molar-refractivity contribution in [2.75, 3.05) is 22.8 Å². The highest BCUT2D eigenvalue weighted by Gasteiger charge is 2.25. The second kappa shape index (κ2) is 3.41. The molecule has 1 aromatic rings. The number of anilines is 2. The van der Waals surface area contributed by atoms with Gasteiger partial charge in [0.05, 0.1) is 17.6 Å². The molecule has 0 aliphatic carbocycles. The van der Waals surface area contributed by atoms with E-state index in [1.54, 1.807) is 6.07 Å². The van der Waals surface area contributed by atoms with Crippen molar-refractivity contribution in [3.05, 3.63) is 23.8 Å². The summed E-state index contributed by atoms with van der Waals surface area (Å²) in [6.07, 6.45) is 2.96. The lowest BCUT2D eigenvalue weighted by Crippen LogP contribution is -2.35. The highest BCUT2D eigenvalue weighted by molar-refractivity contribution is 7.92. The Labute approximate surface area is 89.7 Å². The zero-order chi connectivity index (χ0) is 11.1. The number of rotatable bonds is 1. The Morgan fingerprint density at radius 3 is 2.80 bits per heavy atom. The quantitative estimate of drug-likeness (QED) is 0.726. The molecule has 1 aliphatic heterocycles. The van der Waals surface area contributed by atoms with Crippen molar-refractivity contribution in [2.24, 2.45) is 0 Å². The van der Waals surface area contributed by atoms with Gasteiger partial charge in [-0.25, -0.2) is 8.42 Å². The SMILES string of the molecule is CS(=O)(=O)N1CCCc2cccc(N)c21. The number of aryl methyl sites for hydroxylation is 1. The lowest BCUT2D eigenvalue weighted by Gasteiger charge is -2.30. The van der Waals surface area contributed by atoms with Gasteiger partial charge in [0.1, 0.15) is 0 Å². The van der Waals surface area contributed by atoms with E-state index in [4.69, 9.17) is 5.73 Å². The largest absolute Gasteiger partial charge is 0.397 e. The number of para-hydroxylation sites is 1. The third kappa shape index (κ3) is 1.79. The minimum Gasteiger partial charge on any atom is -0.397 e. The van der Waals surface area contributed by atoms with E-state index < -0.39 is 10.0 Å². The van der Waals surface area contributed by atoms with Crippen molar-refractivity contribution in [1.82, 2.24) is 0 Å². The molecule has 0 aromatic heterocycles. The van der Waals surface area contributed by atoms with Gasteiger partial charge in [-0.15, -0.1) is 0 Å². The highest BCUT2D eigenvalue weighted by atomic mass is 32.2. The first-order valence-corrected chi connectivity index (χ1v) is 6.70. The van der Waals surface area contributed by atoms with Crippen LogP contribution in [0.1, 0.15) is 12.0 Å². The molecule has 0 radical (unpaired) electrons. The lowest BCUT2D eigenvalue weighted by atomic mass is 10.0. The van der Waals surface area contributed by atoms with E-state index in [-0.39, 0.29) is 0 Å². The van der Waals surface area contributed by atoms with Crippen LogP contribution in [0.5, 0.6) is 0 Å². The predicted octanol–water partition coefficient (Wildman–Crippen LogP) is 0.981. The summed E-state index contributed by atoms with van der Waals surface area (Å²) in [6.45, 7) is 0.528. The molecule has 0 saturated carbocycles. The molecule has 0 unspecified atom stereocenters. The summed E-state index contributed by atoms with van der Waals surface area (Å²) in [4.78, 5) is 0. The van der Waals surface area contributed by atoms with E-state index in [0.717, 1.165) is 18.4 Å². The molecule has 1 aliphatic rings. The number of benzene rings is 1. The van der Waals surface area contributed by atoms with Gasteiger partial charge in [0.25, 0.3) is 0 Å². The van der Waals surface area contributed by atoms with Crippen molar-refractivity contribution >= 4 is 21.4 Å². The zero-order valence-corrected chi connectivity index (χ0v) is 9.42. The first-order chi connectivity index (χ1) is 7.00. The monoisotopic (exact) mass is 226 g/mol. The Morgan fingerprint density at radius 1 is 1.40 bits per heavy atom. The molecular weight excluding hydrogens is 212 g/mol. The summed E-state index contributed by atoms with van der Waals surface area (Å²) in [5, 5.41) is 0. The van der Waals surface area contributed by atoms with Gasteiger partial charge in [-0.2, -0.15) is 0 Å². The van der Waals surface area contributed by atoms with Crippen LogP contribution in [-0.2, 0) is 16.4 Å². The maximum absolute atomic E-state index is 11.6. The van der Waals surface area contributed by atoms with E-state index in [2.05, 4.69) is 0 Å². The van der Waals surface area contributed by atoms with Crippen LogP contribution in [0.15, 0.2) is 18.2 Å². The standard InChI is InChI=1S/C10H14N2O2S/c1-15(13,14)12-7-3-5-8-4-2-6-9(11)10(8)12/h2,4,6H,3,5,7,11H2,1H3. The summed E-state index contributed by atoms with van der Waals surface area (Å²) in [7, 11) is -3.21. The van der Waals surface area contributed by atoms with E-state index in [1.807, 2.05) is 12.1 Å². The molecule has 0 spiro atoms. The number of sulfonamides is 1. The van der Waals surface area contributed by atoms with E-state index in [1.165, 1.54) is 10.6 Å². The van der Waals surface area contributed by atoms with Gasteiger partial charge in [0.2, 0.25) is 10.0 Å². The van der Waals surface area contributed by atoms with Gasteiger partial charge in [0.15, 0.2) is 0 Å². The fourth-order valence-electron chi connectivity index (χ4n) is 1.97. The predicted molar refractivity (Wildman–Crippen MR) is 61.4 cm³/mol. The van der Waals surface area contributed by atoms with Crippen molar-refractivity contribution < 1.29 is 8.42 Å². The van der Waals surface area contributed by atoms with Gasteiger partial charge >= 0.3 is 0 Å². The molecule has 5 heteroatoms. The third-order valence-electron chi connectivity index (χ3n) is 2.61. The summed E-state index contributed by atoms with van der Waals surface area (Å²) < 4.78 is 24.5. The summed E-state index contributed by atoms with van der Waals surface area (Å²) in [5.74, 6) is 0. The van der Waals surface area contributed by atoms with Gasteiger partial charge in [0, 0.05) is 6.54 Å². The van der Waals surface area contributed by atoms with Crippen molar-refractivity contribution in [1.29, 1.82) is 0 Å². The fourth-order valence-corrected chi connectivity index (χ4v) is 2.99. The molecule has 82 valence electrons. The maximum Gasteiger partial charge on any atom is 0.232 e. The first kappa shape index (κ1) is 10.3. The fraction of sp³-hybridized carbons (Fsp3) is 0.400. The molecule has 1 aromatic carbocycles. The van der Waals surface area contributed by atoms with Crippen molar-refractivity contribution in [2.45, 2.75) is 12.8 Å². The Bertz CT molecular complexity index is 482. The Morgan fingerprint density at radius 2 is 2.13 bits per heavy atom. The molecule has 1 heterocycles. The van der Waals surface area contributed by atoms with Gasteiger partial charge in [-0.3, -0.25) is 4.31 Å². The van der Waals surface area contributed by atoms with Gasteiger partial charge in [-0.05, 0) is 24.5 Å². The highest BCUT2D eigenvalue weighted by Crippen LogP contribution is 2.33. The van der Waals surface area contributed by atoms with Crippen LogP contribution in [0.2, 0.25) is 0 Å². The first-order valence-electron chi connectivity index (χ1n) is 4.85. The number of nitrogen functional groups attached to an aromatic ring is 1. The topological polar surface area (TPSA) is 63.4 Å². The van der Waals surface area contributed by atoms with Gasteiger partial charge in [-0.1, -0.05) is 12.1 Å².